The fraction of sp³-hybridized carbons (Fsp3) is 1.00. The maximum Gasteiger partial charge on any atom is 0.0103 e. The van der Waals surface area contributed by atoms with E-state index in [4.69, 9.17) is 0 Å². The van der Waals surface area contributed by atoms with Crippen molar-refractivity contribution < 1.29 is 0 Å². The average Bonchev–Trinajstić information content (AvgIpc) is 2.24. The second-order valence-corrected chi connectivity index (χ2v) is 6.66. The van der Waals surface area contributed by atoms with Crippen LogP contribution in [0.3, 0.4) is 0 Å². The van der Waals surface area contributed by atoms with Gasteiger partial charge in [-0.15, -0.1) is 0 Å². The van der Waals surface area contributed by atoms with E-state index in [-0.39, 0.29) is 0 Å². The topological polar surface area (TPSA) is 3.24 Å². The lowest BCUT2D eigenvalue weighted by Gasteiger charge is -2.30. The molecule has 0 N–H and O–H groups in total. The molecule has 0 radical (unpaired) electrons. The molecule has 1 aliphatic heterocycles. The third-order valence-electron chi connectivity index (χ3n) is 3.83. The quantitative estimate of drug-likeness (QED) is 0.669. The molecule has 1 heteroatoms. The van der Waals surface area contributed by atoms with E-state index < -0.39 is 0 Å². The van der Waals surface area contributed by atoms with Crippen molar-refractivity contribution >= 4 is 0 Å². The van der Waals surface area contributed by atoms with Crippen LogP contribution in [0.5, 0.6) is 0 Å². The van der Waals surface area contributed by atoms with Crippen LogP contribution in [-0.2, 0) is 0 Å². The third kappa shape index (κ3) is 2.98. The van der Waals surface area contributed by atoms with Gasteiger partial charge in [-0.3, -0.25) is 0 Å². The highest BCUT2D eigenvalue weighted by Crippen LogP contribution is 2.39. The van der Waals surface area contributed by atoms with Crippen molar-refractivity contribution in [3.8, 4) is 0 Å². The molecule has 1 rings (SSSR count). The van der Waals surface area contributed by atoms with Crippen LogP contribution in [0, 0.1) is 10.8 Å². The summed E-state index contributed by atoms with van der Waals surface area (Å²) in [6.07, 6.45) is 4.01. The number of likely N-dealkylation sites (tertiary alicyclic amines) is 1. The summed E-state index contributed by atoms with van der Waals surface area (Å²) in [5, 5.41) is 0. The minimum absolute atomic E-state index is 0.513. The first kappa shape index (κ1) is 12.0. The summed E-state index contributed by atoms with van der Waals surface area (Å²) in [6, 6.07) is 0.806. The number of rotatable bonds is 3. The molecule has 1 unspecified atom stereocenters. The number of hydrogen-bond donors (Lipinski definition) is 0. The van der Waals surface area contributed by atoms with E-state index >= 15 is 0 Å². The van der Waals surface area contributed by atoms with Crippen LogP contribution < -0.4 is 0 Å². The van der Waals surface area contributed by atoms with Crippen LogP contribution in [0.2, 0.25) is 0 Å². The molecule has 0 bridgehead atoms. The standard InChI is InChI=1S/C13H27N/c1-7-12(2,3)8-11-9-13(4,5)10-14(11)6/h11H,7-10H2,1-6H3. The Morgan fingerprint density at radius 3 is 2.29 bits per heavy atom. The van der Waals surface area contributed by atoms with Crippen molar-refractivity contribution in [1.82, 2.24) is 4.90 Å². The van der Waals surface area contributed by atoms with Crippen LogP contribution in [0.1, 0.15) is 53.9 Å². The average molecular weight is 197 g/mol. The van der Waals surface area contributed by atoms with Crippen LogP contribution in [0.25, 0.3) is 0 Å². The predicted molar refractivity (Wildman–Crippen MR) is 63.5 cm³/mol. The zero-order valence-electron chi connectivity index (χ0n) is 10.9. The SMILES string of the molecule is CCC(C)(C)CC1CC(C)(C)CN1C. The molecule has 1 saturated heterocycles. The van der Waals surface area contributed by atoms with Gasteiger partial charge in [-0.05, 0) is 30.7 Å². The largest absolute Gasteiger partial charge is 0.303 e. The summed E-state index contributed by atoms with van der Waals surface area (Å²) in [5.74, 6) is 0. The van der Waals surface area contributed by atoms with Gasteiger partial charge in [0.05, 0.1) is 0 Å². The van der Waals surface area contributed by atoms with Gasteiger partial charge in [0.15, 0.2) is 0 Å². The fourth-order valence-corrected chi connectivity index (χ4v) is 2.67. The highest BCUT2D eigenvalue weighted by Gasteiger charge is 2.37. The highest BCUT2D eigenvalue weighted by atomic mass is 15.2. The lowest BCUT2D eigenvalue weighted by molar-refractivity contribution is 0.204. The molecule has 14 heavy (non-hydrogen) atoms. The van der Waals surface area contributed by atoms with E-state index in [2.05, 4.69) is 46.6 Å². The van der Waals surface area contributed by atoms with E-state index in [0.29, 0.717) is 10.8 Å². The van der Waals surface area contributed by atoms with Crippen LogP contribution in [-0.4, -0.2) is 24.5 Å². The third-order valence-corrected chi connectivity index (χ3v) is 3.83. The Kier molecular flexibility index (Phi) is 3.30. The Morgan fingerprint density at radius 2 is 1.93 bits per heavy atom. The molecule has 0 aromatic rings. The van der Waals surface area contributed by atoms with Crippen LogP contribution in [0.15, 0.2) is 0 Å². The number of hydrogen-bond acceptors (Lipinski definition) is 1. The van der Waals surface area contributed by atoms with E-state index in [1.54, 1.807) is 0 Å². The van der Waals surface area contributed by atoms with E-state index in [1.807, 2.05) is 0 Å². The summed E-state index contributed by atoms with van der Waals surface area (Å²) >= 11 is 0. The minimum Gasteiger partial charge on any atom is -0.303 e. The van der Waals surface area contributed by atoms with Crippen molar-refractivity contribution in [3.63, 3.8) is 0 Å². The summed E-state index contributed by atoms with van der Waals surface area (Å²) in [7, 11) is 2.28. The molecule has 1 aliphatic rings. The molecular formula is C13H27N. The first-order chi connectivity index (χ1) is 6.26. The van der Waals surface area contributed by atoms with Crippen LogP contribution >= 0.6 is 0 Å². The van der Waals surface area contributed by atoms with E-state index in [1.165, 1.54) is 25.8 Å². The van der Waals surface area contributed by atoms with Crippen molar-refractivity contribution in [2.45, 2.75) is 59.9 Å². The smallest absolute Gasteiger partial charge is 0.0103 e. The second kappa shape index (κ2) is 3.84. The zero-order chi connectivity index (χ0) is 11.0. The molecule has 0 spiro atoms. The second-order valence-electron chi connectivity index (χ2n) is 6.66. The van der Waals surface area contributed by atoms with Gasteiger partial charge in [0.25, 0.3) is 0 Å². The predicted octanol–water partition coefficient (Wildman–Crippen LogP) is 3.54. The summed E-state index contributed by atoms with van der Waals surface area (Å²) in [5.41, 5.74) is 1.04. The van der Waals surface area contributed by atoms with Crippen molar-refractivity contribution in [3.05, 3.63) is 0 Å². The fourth-order valence-electron chi connectivity index (χ4n) is 2.67. The van der Waals surface area contributed by atoms with Gasteiger partial charge in [0.1, 0.15) is 0 Å². The van der Waals surface area contributed by atoms with Gasteiger partial charge in [0, 0.05) is 12.6 Å². The Morgan fingerprint density at radius 1 is 1.36 bits per heavy atom. The van der Waals surface area contributed by atoms with Crippen molar-refractivity contribution in [2.24, 2.45) is 10.8 Å². The van der Waals surface area contributed by atoms with Gasteiger partial charge in [-0.1, -0.05) is 41.0 Å². The lowest BCUT2D eigenvalue weighted by Crippen LogP contribution is -2.30. The maximum atomic E-state index is 2.55. The lowest BCUT2D eigenvalue weighted by atomic mass is 9.80. The molecule has 0 aromatic heterocycles. The monoisotopic (exact) mass is 197 g/mol. The number of nitrogens with zero attached hydrogens (tertiary/aromatic N) is 1. The molecule has 1 atom stereocenters. The minimum atomic E-state index is 0.513. The Hall–Kier alpha value is -0.0400. The summed E-state index contributed by atoms with van der Waals surface area (Å²) in [4.78, 5) is 2.55. The normalized spacial score (nSPS) is 28.3. The van der Waals surface area contributed by atoms with Gasteiger partial charge < -0.3 is 4.90 Å². The molecule has 1 fully saturated rings. The molecule has 84 valence electrons. The van der Waals surface area contributed by atoms with Gasteiger partial charge in [-0.2, -0.15) is 0 Å². The molecule has 0 saturated carbocycles. The summed E-state index contributed by atoms with van der Waals surface area (Å²) in [6.45, 7) is 13.1. The molecule has 0 amide bonds. The van der Waals surface area contributed by atoms with Gasteiger partial charge in [-0.25, -0.2) is 0 Å². The van der Waals surface area contributed by atoms with Crippen molar-refractivity contribution in [2.75, 3.05) is 13.6 Å². The Bertz CT molecular complexity index is 193. The Labute approximate surface area is 89.9 Å². The van der Waals surface area contributed by atoms with E-state index in [0.717, 1.165) is 6.04 Å². The summed E-state index contributed by atoms with van der Waals surface area (Å²) < 4.78 is 0. The zero-order valence-corrected chi connectivity index (χ0v) is 10.9. The maximum absolute atomic E-state index is 2.55. The van der Waals surface area contributed by atoms with Crippen molar-refractivity contribution in [1.29, 1.82) is 0 Å². The molecule has 1 heterocycles. The highest BCUT2D eigenvalue weighted by molar-refractivity contribution is 4.91. The first-order valence-corrected chi connectivity index (χ1v) is 5.96. The van der Waals surface area contributed by atoms with Gasteiger partial charge >= 0.3 is 0 Å². The van der Waals surface area contributed by atoms with Gasteiger partial charge in [0.2, 0.25) is 0 Å². The molecule has 0 aliphatic carbocycles. The molecule has 0 aromatic carbocycles. The van der Waals surface area contributed by atoms with E-state index in [9.17, 15) is 0 Å². The van der Waals surface area contributed by atoms with Crippen LogP contribution in [0.4, 0.5) is 0 Å². The first-order valence-electron chi connectivity index (χ1n) is 5.96. The molecule has 1 nitrogen and oxygen atoms in total. The Balaban J connectivity index is 2.55. The molecular weight excluding hydrogens is 170 g/mol.